The summed E-state index contributed by atoms with van der Waals surface area (Å²) in [5, 5.41) is 0. The molecule has 0 N–H and O–H groups in total. The predicted octanol–water partition coefficient (Wildman–Crippen LogP) is 3.61. The number of nitrogens with zero attached hydrogens (tertiary/aromatic N) is 1. The Labute approximate surface area is 103 Å². The molecule has 0 aliphatic heterocycles. The lowest BCUT2D eigenvalue weighted by molar-refractivity contribution is 0.248. The van der Waals surface area contributed by atoms with Gasteiger partial charge in [0.2, 0.25) is 0 Å². The molecule has 0 aliphatic carbocycles. The number of benzene rings is 1. The SMILES string of the molecule is CCN(Cc1ccc(C)cc1)Cc1ccco1. The molecule has 0 atom stereocenters. The highest BCUT2D eigenvalue weighted by Gasteiger charge is 2.06. The zero-order valence-electron chi connectivity index (χ0n) is 10.5. The molecule has 0 amide bonds. The number of rotatable bonds is 5. The van der Waals surface area contributed by atoms with Crippen molar-refractivity contribution in [3.63, 3.8) is 0 Å². The van der Waals surface area contributed by atoms with Crippen LogP contribution in [-0.4, -0.2) is 11.4 Å². The third kappa shape index (κ3) is 3.46. The highest BCUT2D eigenvalue weighted by molar-refractivity contribution is 5.21. The molecule has 0 saturated heterocycles. The second-order valence-corrected chi connectivity index (χ2v) is 4.37. The van der Waals surface area contributed by atoms with Crippen molar-refractivity contribution in [1.82, 2.24) is 4.90 Å². The second-order valence-electron chi connectivity index (χ2n) is 4.37. The Balaban J connectivity index is 1.97. The van der Waals surface area contributed by atoms with Crippen molar-refractivity contribution in [2.45, 2.75) is 26.9 Å². The average Bonchev–Trinajstić information content (AvgIpc) is 2.84. The fourth-order valence-electron chi connectivity index (χ4n) is 1.85. The van der Waals surface area contributed by atoms with Crippen molar-refractivity contribution in [1.29, 1.82) is 0 Å². The smallest absolute Gasteiger partial charge is 0.117 e. The van der Waals surface area contributed by atoms with Crippen LogP contribution in [0.2, 0.25) is 0 Å². The first-order chi connectivity index (χ1) is 8.28. The van der Waals surface area contributed by atoms with Gasteiger partial charge in [-0.1, -0.05) is 36.8 Å². The Morgan fingerprint density at radius 1 is 1.06 bits per heavy atom. The lowest BCUT2D eigenvalue weighted by Crippen LogP contribution is -2.21. The van der Waals surface area contributed by atoms with Crippen molar-refractivity contribution in [3.05, 3.63) is 59.5 Å². The van der Waals surface area contributed by atoms with Gasteiger partial charge >= 0.3 is 0 Å². The summed E-state index contributed by atoms with van der Waals surface area (Å²) >= 11 is 0. The summed E-state index contributed by atoms with van der Waals surface area (Å²) < 4.78 is 5.38. The van der Waals surface area contributed by atoms with Crippen molar-refractivity contribution in [2.24, 2.45) is 0 Å². The summed E-state index contributed by atoms with van der Waals surface area (Å²) in [5.41, 5.74) is 2.66. The molecule has 0 spiro atoms. The summed E-state index contributed by atoms with van der Waals surface area (Å²) in [7, 11) is 0. The van der Waals surface area contributed by atoms with Crippen LogP contribution in [0.5, 0.6) is 0 Å². The van der Waals surface area contributed by atoms with Crippen LogP contribution in [0, 0.1) is 6.92 Å². The Kier molecular flexibility index (Phi) is 3.99. The minimum absolute atomic E-state index is 0.872. The lowest BCUT2D eigenvalue weighted by Gasteiger charge is -2.19. The molecule has 2 aromatic rings. The van der Waals surface area contributed by atoms with Gasteiger partial charge in [0.15, 0.2) is 0 Å². The first kappa shape index (κ1) is 11.9. The maximum absolute atomic E-state index is 5.38. The third-order valence-corrected chi connectivity index (χ3v) is 2.93. The number of furan rings is 1. The van der Waals surface area contributed by atoms with Crippen LogP contribution in [0.1, 0.15) is 23.8 Å². The zero-order chi connectivity index (χ0) is 12.1. The minimum atomic E-state index is 0.872. The van der Waals surface area contributed by atoms with E-state index in [1.807, 2.05) is 12.1 Å². The Morgan fingerprint density at radius 3 is 2.41 bits per heavy atom. The molecular weight excluding hydrogens is 210 g/mol. The molecule has 0 unspecified atom stereocenters. The monoisotopic (exact) mass is 229 g/mol. The molecule has 2 nitrogen and oxygen atoms in total. The van der Waals surface area contributed by atoms with Crippen LogP contribution >= 0.6 is 0 Å². The van der Waals surface area contributed by atoms with Gasteiger partial charge in [-0.15, -0.1) is 0 Å². The van der Waals surface area contributed by atoms with Gasteiger partial charge in [-0.3, -0.25) is 4.90 Å². The Bertz CT molecular complexity index is 430. The molecule has 0 bridgehead atoms. The highest BCUT2D eigenvalue weighted by Crippen LogP contribution is 2.11. The molecule has 17 heavy (non-hydrogen) atoms. The van der Waals surface area contributed by atoms with Gasteiger partial charge in [-0.05, 0) is 31.2 Å². The molecule has 0 saturated carbocycles. The van der Waals surface area contributed by atoms with Crippen molar-refractivity contribution >= 4 is 0 Å². The quantitative estimate of drug-likeness (QED) is 0.778. The largest absolute Gasteiger partial charge is 0.468 e. The van der Waals surface area contributed by atoms with Crippen molar-refractivity contribution in [3.8, 4) is 0 Å². The predicted molar refractivity (Wildman–Crippen MR) is 69.7 cm³/mol. The maximum atomic E-state index is 5.38. The van der Waals surface area contributed by atoms with Crippen molar-refractivity contribution < 1.29 is 4.42 Å². The van der Waals surface area contributed by atoms with E-state index in [0.29, 0.717) is 0 Å². The van der Waals surface area contributed by atoms with E-state index in [2.05, 4.69) is 43.0 Å². The van der Waals surface area contributed by atoms with E-state index in [1.54, 1.807) is 6.26 Å². The summed E-state index contributed by atoms with van der Waals surface area (Å²) in [6.45, 7) is 7.16. The molecule has 0 aliphatic rings. The Morgan fingerprint density at radius 2 is 1.82 bits per heavy atom. The van der Waals surface area contributed by atoms with Gasteiger partial charge < -0.3 is 4.42 Å². The Hall–Kier alpha value is -1.54. The summed E-state index contributed by atoms with van der Waals surface area (Å²) in [5.74, 6) is 1.03. The number of hydrogen-bond donors (Lipinski definition) is 0. The third-order valence-electron chi connectivity index (χ3n) is 2.93. The molecule has 0 radical (unpaired) electrons. The van der Waals surface area contributed by atoms with Gasteiger partial charge in [-0.25, -0.2) is 0 Å². The highest BCUT2D eigenvalue weighted by atomic mass is 16.3. The molecule has 0 fully saturated rings. The molecule has 2 heteroatoms. The van der Waals surface area contributed by atoms with Crippen LogP contribution in [0.15, 0.2) is 47.1 Å². The van der Waals surface area contributed by atoms with Crippen LogP contribution in [0.4, 0.5) is 0 Å². The van der Waals surface area contributed by atoms with E-state index >= 15 is 0 Å². The molecule has 1 aromatic heterocycles. The normalized spacial score (nSPS) is 11.0. The zero-order valence-corrected chi connectivity index (χ0v) is 10.5. The van der Waals surface area contributed by atoms with Gasteiger partial charge in [0.25, 0.3) is 0 Å². The lowest BCUT2D eigenvalue weighted by atomic mass is 10.1. The fourth-order valence-corrected chi connectivity index (χ4v) is 1.85. The molecule has 1 heterocycles. The van der Waals surface area contributed by atoms with Gasteiger partial charge in [0.05, 0.1) is 12.8 Å². The van der Waals surface area contributed by atoms with E-state index in [4.69, 9.17) is 4.42 Å². The van der Waals surface area contributed by atoms with Crippen LogP contribution in [0.3, 0.4) is 0 Å². The molecule has 1 aromatic carbocycles. The van der Waals surface area contributed by atoms with E-state index in [9.17, 15) is 0 Å². The van der Waals surface area contributed by atoms with E-state index < -0.39 is 0 Å². The minimum Gasteiger partial charge on any atom is -0.468 e. The summed E-state index contributed by atoms with van der Waals surface area (Å²) in [6.07, 6.45) is 1.73. The fraction of sp³-hybridized carbons (Fsp3) is 0.333. The average molecular weight is 229 g/mol. The van der Waals surface area contributed by atoms with E-state index in [-0.39, 0.29) is 0 Å². The summed E-state index contributed by atoms with van der Waals surface area (Å²) in [4.78, 5) is 2.36. The topological polar surface area (TPSA) is 16.4 Å². The first-order valence-electron chi connectivity index (χ1n) is 6.08. The van der Waals surface area contributed by atoms with Gasteiger partial charge in [-0.2, -0.15) is 0 Å². The van der Waals surface area contributed by atoms with Crippen LogP contribution in [0.25, 0.3) is 0 Å². The standard InChI is InChI=1S/C15H19NO/c1-3-16(12-15-5-4-10-17-15)11-14-8-6-13(2)7-9-14/h4-10H,3,11-12H2,1-2H3. The molecule has 90 valence electrons. The second kappa shape index (κ2) is 5.69. The number of hydrogen-bond acceptors (Lipinski definition) is 2. The number of aryl methyl sites for hydroxylation is 1. The van der Waals surface area contributed by atoms with Crippen LogP contribution in [-0.2, 0) is 13.1 Å². The first-order valence-corrected chi connectivity index (χ1v) is 6.08. The van der Waals surface area contributed by atoms with E-state index in [1.165, 1.54) is 11.1 Å². The molecule has 2 rings (SSSR count). The molecular formula is C15H19NO. The van der Waals surface area contributed by atoms with Crippen molar-refractivity contribution in [2.75, 3.05) is 6.54 Å². The van der Waals surface area contributed by atoms with Gasteiger partial charge in [0.1, 0.15) is 5.76 Å². The van der Waals surface area contributed by atoms with Gasteiger partial charge in [0, 0.05) is 6.54 Å². The van der Waals surface area contributed by atoms with Crippen LogP contribution < -0.4 is 0 Å². The summed E-state index contributed by atoms with van der Waals surface area (Å²) in [6, 6.07) is 12.7. The van der Waals surface area contributed by atoms with E-state index in [0.717, 1.165) is 25.4 Å². The maximum Gasteiger partial charge on any atom is 0.117 e.